The molecule has 0 atom stereocenters. The third kappa shape index (κ3) is 3.18. The Kier molecular flexibility index (Phi) is 3.54. The lowest BCUT2D eigenvalue weighted by atomic mass is 9.62. The Balaban J connectivity index is 1.43. The van der Waals surface area contributed by atoms with Gasteiger partial charge in [0.25, 0.3) is 0 Å². The van der Waals surface area contributed by atoms with Crippen LogP contribution in [0.4, 0.5) is 9.18 Å². The molecular weight excluding hydrogens is 285 g/mol. The topological polar surface area (TPSA) is 38.8 Å². The van der Waals surface area contributed by atoms with Gasteiger partial charge in [-0.2, -0.15) is 0 Å². The van der Waals surface area contributed by atoms with Crippen molar-refractivity contribution in [1.82, 2.24) is 4.90 Å². The Morgan fingerprint density at radius 1 is 1.23 bits per heavy atom. The first-order valence-electron chi connectivity index (χ1n) is 7.65. The molecule has 1 aliphatic carbocycles. The molecule has 5 heteroatoms. The molecule has 1 aliphatic heterocycles. The molecule has 0 aromatic heterocycles. The second kappa shape index (κ2) is 5.14. The summed E-state index contributed by atoms with van der Waals surface area (Å²) in [6.45, 7) is 7.10. The fourth-order valence-corrected chi connectivity index (χ4v) is 3.17. The van der Waals surface area contributed by atoms with Crippen LogP contribution in [-0.2, 0) is 4.74 Å². The summed E-state index contributed by atoms with van der Waals surface area (Å²) in [5.74, 6) is 0.439. The summed E-state index contributed by atoms with van der Waals surface area (Å²) < 4.78 is 24.0. The Hall–Kier alpha value is -1.78. The van der Waals surface area contributed by atoms with Gasteiger partial charge in [-0.15, -0.1) is 0 Å². The normalized spacial score (nSPS) is 20.3. The number of ether oxygens (including phenoxy) is 2. The highest BCUT2D eigenvalue weighted by Gasteiger charge is 2.55. The van der Waals surface area contributed by atoms with Crippen LogP contribution in [0.25, 0.3) is 0 Å². The van der Waals surface area contributed by atoms with E-state index in [-0.39, 0.29) is 23.4 Å². The van der Waals surface area contributed by atoms with Gasteiger partial charge in [-0.1, -0.05) is 0 Å². The minimum absolute atomic E-state index is 0.159. The minimum atomic E-state index is -0.451. The van der Waals surface area contributed by atoms with Crippen molar-refractivity contribution < 1.29 is 18.7 Å². The number of carbonyl (C=O) groups excluding carboxylic acids is 1. The molecule has 1 aromatic rings. The van der Waals surface area contributed by atoms with Gasteiger partial charge in [0.15, 0.2) is 0 Å². The van der Waals surface area contributed by atoms with Crippen molar-refractivity contribution in [3.8, 4) is 5.75 Å². The van der Waals surface area contributed by atoms with E-state index in [9.17, 15) is 9.18 Å². The first-order chi connectivity index (χ1) is 10.2. The summed E-state index contributed by atoms with van der Waals surface area (Å²) in [6, 6.07) is 6.09. The molecule has 1 saturated heterocycles. The monoisotopic (exact) mass is 307 g/mol. The number of likely N-dealkylation sites (tertiary alicyclic amines) is 1. The quantitative estimate of drug-likeness (QED) is 0.838. The number of halogens is 1. The van der Waals surface area contributed by atoms with Crippen LogP contribution in [0.3, 0.4) is 0 Å². The van der Waals surface area contributed by atoms with Gasteiger partial charge in [-0.25, -0.2) is 9.18 Å². The van der Waals surface area contributed by atoms with E-state index in [4.69, 9.17) is 9.47 Å². The number of hydrogen-bond donors (Lipinski definition) is 0. The number of amides is 1. The van der Waals surface area contributed by atoms with Crippen LogP contribution < -0.4 is 4.74 Å². The van der Waals surface area contributed by atoms with Crippen molar-refractivity contribution in [2.45, 2.75) is 45.3 Å². The van der Waals surface area contributed by atoms with E-state index < -0.39 is 5.60 Å². The summed E-state index contributed by atoms with van der Waals surface area (Å²) in [4.78, 5) is 13.7. The number of hydrogen-bond acceptors (Lipinski definition) is 3. The maximum atomic E-state index is 12.8. The maximum absolute atomic E-state index is 12.8. The molecule has 3 rings (SSSR count). The zero-order chi connectivity index (χ0) is 16.0. The number of rotatable bonds is 2. The smallest absolute Gasteiger partial charge is 0.410 e. The van der Waals surface area contributed by atoms with E-state index in [0.717, 1.165) is 25.9 Å². The molecule has 1 spiro atoms. The number of benzene rings is 1. The van der Waals surface area contributed by atoms with Crippen LogP contribution in [0.15, 0.2) is 24.3 Å². The molecule has 120 valence electrons. The third-order valence-electron chi connectivity index (χ3n) is 4.14. The van der Waals surface area contributed by atoms with E-state index in [1.54, 1.807) is 17.0 Å². The van der Waals surface area contributed by atoms with Gasteiger partial charge >= 0.3 is 6.09 Å². The Labute approximate surface area is 130 Å². The highest BCUT2D eigenvalue weighted by atomic mass is 19.1. The van der Waals surface area contributed by atoms with Gasteiger partial charge in [0.05, 0.1) is 0 Å². The lowest BCUT2D eigenvalue weighted by Crippen LogP contribution is -2.66. The summed E-state index contributed by atoms with van der Waals surface area (Å²) >= 11 is 0. The molecule has 1 heterocycles. The molecule has 1 amide bonds. The van der Waals surface area contributed by atoms with E-state index in [0.29, 0.717) is 5.75 Å². The second-order valence-corrected chi connectivity index (χ2v) is 7.44. The van der Waals surface area contributed by atoms with Crippen molar-refractivity contribution >= 4 is 6.09 Å². The predicted molar refractivity (Wildman–Crippen MR) is 80.3 cm³/mol. The van der Waals surface area contributed by atoms with Crippen molar-refractivity contribution in [3.63, 3.8) is 0 Å². The number of carbonyl (C=O) groups is 1. The molecule has 0 bridgehead atoms. The first kappa shape index (κ1) is 15.1. The molecule has 0 unspecified atom stereocenters. The van der Waals surface area contributed by atoms with Gasteiger partial charge in [0.2, 0.25) is 0 Å². The van der Waals surface area contributed by atoms with Crippen LogP contribution in [0.2, 0.25) is 0 Å². The molecule has 1 saturated carbocycles. The lowest BCUT2D eigenvalue weighted by molar-refractivity contribution is -0.116. The van der Waals surface area contributed by atoms with Crippen LogP contribution in [0.1, 0.15) is 33.6 Å². The first-order valence-corrected chi connectivity index (χ1v) is 7.65. The van der Waals surface area contributed by atoms with Crippen molar-refractivity contribution in [3.05, 3.63) is 30.1 Å². The van der Waals surface area contributed by atoms with E-state index in [2.05, 4.69) is 0 Å². The standard InChI is InChI=1S/C17H22FNO3/c1-16(2,3)22-15(20)19-10-17(11-19)8-14(9-17)21-13-6-4-12(18)5-7-13/h4-7,14H,8-11H2,1-3H3. The average molecular weight is 307 g/mol. The zero-order valence-corrected chi connectivity index (χ0v) is 13.3. The molecule has 2 aliphatic rings. The third-order valence-corrected chi connectivity index (χ3v) is 4.14. The van der Waals surface area contributed by atoms with Crippen LogP contribution in [0.5, 0.6) is 5.75 Å². The SMILES string of the molecule is CC(C)(C)OC(=O)N1CC2(CC(Oc3ccc(F)cc3)C2)C1. The Morgan fingerprint density at radius 2 is 1.82 bits per heavy atom. The molecular formula is C17H22FNO3. The second-order valence-electron chi connectivity index (χ2n) is 7.44. The van der Waals surface area contributed by atoms with Crippen LogP contribution in [0, 0.1) is 11.2 Å². The fraction of sp³-hybridized carbons (Fsp3) is 0.588. The number of nitrogens with zero attached hydrogens (tertiary/aromatic N) is 1. The van der Waals surface area contributed by atoms with E-state index in [1.165, 1.54) is 12.1 Å². The van der Waals surface area contributed by atoms with E-state index >= 15 is 0 Å². The van der Waals surface area contributed by atoms with Gasteiger partial charge in [-0.05, 0) is 57.9 Å². The minimum Gasteiger partial charge on any atom is -0.490 e. The van der Waals surface area contributed by atoms with E-state index in [1.807, 2.05) is 20.8 Å². The fourth-order valence-electron chi connectivity index (χ4n) is 3.17. The Bertz CT molecular complexity index is 550. The zero-order valence-electron chi connectivity index (χ0n) is 13.3. The highest BCUT2D eigenvalue weighted by Crippen LogP contribution is 2.49. The largest absolute Gasteiger partial charge is 0.490 e. The van der Waals surface area contributed by atoms with Crippen LogP contribution >= 0.6 is 0 Å². The van der Waals surface area contributed by atoms with Crippen molar-refractivity contribution in [2.75, 3.05) is 13.1 Å². The average Bonchev–Trinajstić information content (AvgIpc) is 2.30. The lowest BCUT2D eigenvalue weighted by Gasteiger charge is -2.58. The molecule has 4 nitrogen and oxygen atoms in total. The summed E-state index contributed by atoms with van der Waals surface area (Å²) in [5, 5.41) is 0. The summed E-state index contributed by atoms with van der Waals surface area (Å²) in [7, 11) is 0. The summed E-state index contributed by atoms with van der Waals surface area (Å²) in [6.07, 6.45) is 1.79. The Morgan fingerprint density at radius 3 is 2.36 bits per heavy atom. The van der Waals surface area contributed by atoms with Gasteiger partial charge in [0, 0.05) is 18.5 Å². The molecule has 22 heavy (non-hydrogen) atoms. The van der Waals surface area contributed by atoms with Gasteiger partial charge in [-0.3, -0.25) is 0 Å². The molecule has 1 aromatic carbocycles. The predicted octanol–water partition coefficient (Wildman–Crippen LogP) is 3.60. The molecule has 0 N–H and O–H groups in total. The maximum Gasteiger partial charge on any atom is 0.410 e. The molecule has 0 radical (unpaired) electrons. The molecule has 2 fully saturated rings. The van der Waals surface area contributed by atoms with Gasteiger partial charge < -0.3 is 14.4 Å². The summed E-state index contributed by atoms with van der Waals surface area (Å²) in [5.41, 5.74) is -0.255. The van der Waals surface area contributed by atoms with Gasteiger partial charge in [0.1, 0.15) is 23.3 Å². The highest BCUT2D eigenvalue weighted by molar-refractivity contribution is 5.69. The van der Waals surface area contributed by atoms with Crippen molar-refractivity contribution in [1.29, 1.82) is 0 Å². The van der Waals surface area contributed by atoms with Crippen molar-refractivity contribution in [2.24, 2.45) is 5.41 Å². The van der Waals surface area contributed by atoms with Crippen LogP contribution in [-0.4, -0.2) is 35.8 Å².